The van der Waals surface area contributed by atoms with Gasteiger partial charge in [-0.1, -0.05) is 93.5 Å². The second-order valence-corrected chi connectivity index (χ2v) is 18.6. The highest BCUT2D eigenvalue weighted by Crippen LogP contribution is 2.65. The first-order valence-electron chi connectivity index (χ1n) is 14.2. The van der Waals surface area contributed by atoms with Crippen LogP contribution in [0.5, 0.6) is 11.5 Å². The van der Waals surface area contributed by atoms with Gasteiger partial charge in [-0.25, -0.2) is 0 Å². The Morgan fingerprint density at radius 2 is 0.944 bits per heavy atom. The molecule has 0 aliphatic carbocycles. The van der Waals surface area contributed by atoms with E-state index in [1.165, 1.54) is 47.4 Å². The van der Waals surface area contributed by atoms with Crippen LogP contribution in [0.2, 0.25) is 0 Å². The van der Waals surface area contributed by atoms with Crippen LogP contribution in [0.3, 0.4) is 0 Å². The lowest BCUT2D eigenvalue weighted by Crippen LogP contribution is -2.31. The first kappa shape index (κ1) is 27.9. The summed E-state index contributed by atoms with van der Waals surface area (Å²) in [4.78, 5) is 0. The number of hydrogen-bond acceptors (Lipinski definition) is 2. The molecule has 0 amide bonds. The molecule has 36 heavy (non-hydrogen) atoms. The Balaban J connectivity index is 1.93. The Bertz CT molecular complexity index is 971. The first-order valence-corrected chi connectivity index (χ1v) is 17.0. The Morgan fingerprint density at radius 1 is 0.611 bits per heavy atom. The van der Waals surface area contributed by atoms with Crippen molar-refractivity contribution in [3.8, 4) is 22.6 Å². The Morgan fingerprint density at radius 3 is 1.22 bits per heavy atom. The fourth-order valence-corrected chi connectivity index (χ4v) is 13.4. The van der Waals surface area contributed by atoms with Crippen LogP contribution in [0.4, 0.5) is 0 Å². The van der Waals surface area contributed by atoms with Crippen molar-refractivity contribution in [2.24, 2.45) is 11.8 Å². The number of rotatable bonds is 7. The van der Waals surface area contributed by atoms with Crippen molar-refractivity contribution in [1.82, 2.24) is 0 Å². The molecule has 2 aliphatic rings. The van der Waals surface area contributed by atoms with Crippen molar-refractivity contribution in [3.05, 3.63) is 36.4 Å². The van der Waals surface area contributed by atoms with E-state index in [1.807, 2.05) is 0 Å². The van der Waals surface area contributed by atoms with E-state index >= 15 is 0 Å². The van der Waals surface area contributed by atoms with E-state index < -0.39 is 15.8 Å². The van der Waals surface area contributed by atoms with Gasteiger partial charge < -0.3 is 9.47 Å². The van der Waals surface area contributed by atoms with Crippen molar-refractivity contribution in [2.75, 3.05) is 0 Å². The van der Waals surface area contributed by atoms with E-state index in [1.54, 1.807) is 0 Å². The predicted molar refractivity (Wildman–Crippen MR) is 161 cm³/mol. The molecule has 1 unspecified atom stereocenters. The lowest BCUT2D eigenvalue weighted by Gasteiger charge is -2.37. The van der Waals surface area contributed by atoms with Crippen molar-refractivity contribution in [2.45, 2.75) is 117 Å². The van der Waals surface area contributed by atoms with Crippen LogP contribution in [-0.2, 0) is 0 Å². The number of fused-ring (bicyclic) bond motifs is 2. The maximum absolute atomic E-state index is 6.86. The third-order valence-electron chi connectivity index (χ3n) is 8.12. The van der Waals surface area contributed by atoms with Gasteiger partial charge in [0.2, 0.25) is 0 Å². The van der Waals surface area contributed by atoms with E-state index in [-0.39, 0.29) is 10.3 Å². The molecule has 198 valence electrons. The molecule has 0 radical (unpaired) electrons. The minimum Gasteiger partial charge on any atom is -0.485 e. The summed E-state index contributed by atoms with van der Waals surface area (Å²) in [5.74, 6) is 4.01. The average molecular weight is 527 g/mol. The summed E-state index contributed by atoms with van der Waals surface area (Å²) < 4.78 is 13.7. The van der Waals surface area contributed by atoms with E-state index in [9.17, 15) is 0 Å². The van der Waals surface area contributed by atoms with Crippen LogP contribution < -0.4 is 20.1 Å². The maximum atomic E-state index is 6.86. The molecule has 2 aliphatic heterocycles. The standard InChI is InChI=1S/C32H48O2P2/c1-11-21(12-2)29-33-25-19-15-17-23(27(25)35(29)31(5,6)7)24-18-16-20-26-28(24)36(32(8,9)10)30(34-26)22(13-3)14-4/h15-22,29-30H,11-14H2,1-10H3/t29-,30?,35+,36+/m0/s1. The fraction of sp³-hybridized carbons (Fsp3) is 0.625. The van der Waals surface area contributed by atoms with Gasteiger partial charge in [0.15, 0.2) is 0 Å². The highest BCUT2D eigenvalue weighted by atomic mass is 31.1. The van der Waals surface area contributed by atoms with Crippen molar-refractivity contribution in [1.29, 1.82) is 0 Å². The SMILES string of the molecule is CCC(CC)C1Oc2cccc(-c3cccc4c3[P@@](C(C)(C)C)[C@@H](C(CC)CC)O4)c2[P@@]1C(C)(C)C. The lowest BCUT2D eigenvalue weighted by molar-refractivity contribution is 0.210. The average Bonchev–Trinajstić information content (AvgIpc) is 3.39. The minimum absolute atomic E-state index is 0.172. The molecule has 0 spiro atoms. The van der Waals surface area contributed by atoms with Crippen LogP contribution in [0, 0.1) is 11.8 Å². The molecule has 0 aromatic heterocycles. The zero-order valence-corrected chi connectivity index (χ0v) is 26.1. The molecular formula is C32H48O2P2. The molecule has 0 bridgehead atoms. The molecule has 0 saturated carbocycles. The summed E-state index contributed by atoms with van der Waals surface area (Å²) in [5, 5.41) is 3.32. The topological polar surface area (TPSA) is 18.5 Å². The van der Waals surface area contributed by atoms with Gasteiger partial charge in [0.05, 0.1) is 0 Å². The summed E-state index contributed by atoms with van der Waals surface area (Å²) >= 11 is 0. The van der Waals surface area contributed by atoms with Gasteiger partial charge in [-0.3, -0.25) is 0 Å². The summed E-state index contributed by atoms with van der Waals surface area (Å²) in [5.41, 5.74) is 2.79. The quantitative estimate of drug-likeness (QED) is 0.335. The number of benzene rings is 2. The highest BCUT2D eigenvalue weighted by molar-refractivity contribution is 7.69. The minimum atomic E-state index is -0.495. The molecule has 4 atom stereocenters. The largest absolute Gasteiger partial charge is 0.485 e. The maximum Gasteiger partial charge on any atom is 0.128 e. The van der Waals surface area contributed by atoms with Gasteiger partial charge in [0.1, 0.15) is 23.2 Å². The molecule has 2 nitrogen and oxygen atoms in total. The van der Waals surface area contributed by atoms with Gasteiger partial charge in [-0.15, -0.1) is 0 Å². The second kappa shape index (κ2) is 10.6. The Labute approximate surface area is 223 Å². The van der Waals surface area contributed by atoms with Crippen molar-refractivity contribution >= 4 is 26.5 Å². The third kappa shape index (κ3) is 4.87. The van der Waals surface area contributed by atoms with Crippen molar-refractivity contribution in [3.63, 3.8) is 0 Å². The van der Waals surface area contributed by atoms with Gasteiger partial charge in [0, 0.05) is 10.6 Å². The highest BCUT2D eigenvalue weighted by Gasteiger charge is 2.48. The Hall–Kier alpha value is -1.10. The molecule has 0 saturated heterocycles. The van der Waals surface area contributed by atoms with E-state index in [2.05, 4.69) is 106 Å². The molecule has 0 N–H and O–H groups in total. The third-order valence-corrected chi connectivity index (χ3v) is 15.0. The van der Waals surface area contributed by atoms with Gasteiger partial charge in [-0.05, 0) is 86.9 Å². The van der Waals surface area contributed by atoms with E-state index in [4.69, 9.17) is 9.47 Å². The van der Waals surface area contributed by atoms with E-state index in [0.717, 1.165) is 11.5 Å². The summed E-state index contributed by atoms with van der Waals surface area (Å²) in [6, 6.07) is 13.6. The molecule has 0 fully saturated rings. The lowest BCUT2D eigenvalue weighted by atomic mass is 10.0. The predicted octanol–water partition coefficient (Wildman–Crippen LogP) is 9.47. The summed E-state index contributed by atoms with van der Waals surface area (Å²) in [6.45, 7) is 23.8. The normalized spacial score (nSPS) is 23.6. The van der Waals surface area contributed by atoms with E-state index in [0.29, 0.717) is 23.5 Å². The smallest absolute Gasteiger partial charge is 0.128 e. The van der Waals surface area contributed by atoms with Crippen LogP contribution in [0.25, 0.3) is 11.1 Å². The van der Waals surface area contributed by atoms with Gasteiger partial charge >= 0.3 is 0 Å². The first-order chi connectivity index (χ1) is 17.0. The molecular weight excluding hydrogens is 478 g/mol. The van der Waals surface area contributed by atoms with Crippen molar-refractivity contribution < 1.29 is 9.47 Å². The fourth-order valence-electron chi connectivity index (χ4n) is 6.22. The number of ether oxygens (including phenoxy) is 2. The molecule has 2 heterocycles. The van der Waals surface area contributed by atoms with Crippen LogP contribution in [-0.4, -0.2) is 22.0 Å². The van der Waals surface area contributed by atoms with Crippen LogP contribution in [0.1, 0.15) is 94.9 Å². The van der Waals surface area contributed by atoms with Gasteiger partial charge in [-0.2, -0.15) is 0 Å². The summed E-state index contributed by atoms with van der Waals surface area (Å²) in [7, 11) is -0.991. The zero-order valence-electron chi connectivity index (χ0n) is 24.3. The monoisotopic (exact) mass is 526 g/mol. The van der Waals surface area contributed by atoms with Crippen LogP contribution in [0.15, 0.2) is 36.4 Å². The second-order valence-electron chi connectivity index (χ2n) is 12.6. The molecule has 2 aromatic rings. The Kier molecular flexibility index (Phi) is 8.20. The summed E-state index contributed by atoms with van der Waals surface area (Å²) in [6.07, 6.45) is 4.67. The zero-order chi connectivity index (χ0) is 26.4. The van der Waals surface area contributed by atoms with Crippen LogP contribution >= 0.6 is 15.8 Å². The van der Waals surface area contributed by atoms with Gasteiger partial charge in [0.25, 0.3) is 0 Å². The number of hydrogen-bond donors (Lipinski definition) is 0. The molecule has 4 rings (SSSR count). The molecule has 4 heteroatoms. The molecule has 2 aromatic carbocycles.